The Morgan fingerprint density at radius 3 is 2.61 bits per heavy atom. The molecule has 0 saturated heterocycles. The van der Waals surface area contributed by atoms with Crippen molar-refractivity contribution in [3.05, 3.63) is 101 Å². The van der Waals surface area contributed by atoms with Crippen LogP contribution in [0.25, 0.3) is 28.0 Å². The predicted octanol–water partition coefficient (Wildman–Crippen LogP) is 5.04. The van der Waals surface area contributed by atoms with Gasteiger partial charge in [0.2, 0.25) is 0 Å². The van der Waals surface area contributed by atoms with Crippen LogP contribution in [0.4, 0.5) is 0 Å². The van der Waals surface area contributed by atoms with Crippen LogP contribution in [0.15, 0.2) is 93.5 Å². The van der Waals surface area contributed by atoms with Crippen LogP contribution >= 0.6 is 11.8 Å². The predicted molar refractivity (Wildman–Crippen MR) is 121 cm³/mol. The van der Waals surface area contributed by atoms with Gasteiger partial charge in [-0.3, -0.25) is 4.79 Å². The molecule has 31 heavy (non-hydrogen) atoms. The Morgan fingerprint density at radius 1 is 1.00 bits per heavy atom. The van der Waals surface area contributed by atoms with Crippen LogP contribution in [0.1, 0.15) is 11.3 Å². The number of para-hydroxylation sites is 1. The fourth-order valence-corrected chi connectivity index (χ4v) is 4.14. The number of hydrogen-bond acceptors (Lipinski definition) is 6. The maximum Gasteiger partial charge on any atom is 0.267 e. The molecule has 3 aromatic heterocycles. The molecule has 0 aliphatic carbocycles. The Labute approximate surface area is 182 Å². The SMILES string of the molecule is Cc1ccc(-n2c(SCc3cc(-c4ccccc4)no3)nc3ccccc3c2=O)nc1. The third-order valence-corrected chi connectivity index (χ3v) is 5.80. The van der Waals surface area contributed by atoms with E-state index in [4.69, 9.17) is 9.51 Å². The maximum absolute atomic E-state index is 13.3. The molecule has 6 nitrogen and oxygen atoms in total. The van der Waals surface area contributed by atoms with Gasteiger partial charge in [-0.05, 0) is 30.7 Å². The van der Waals surface area contributed by atoms with E-state index >= 15 is 0 Å². The molecule has 0 atom stereocenters. The van der Waals surface area contributed by atoms with Crippen molar-refractivity contribution < 1.29 is 4.52 Å². The molecule has 0 radical (unpaired) electrons. The molecule has 0 fully saturated rings. The highest BCUT2D eigenvalue weighted by molar-refractivity contribution is 7.98. The third-order valence-electron chi connectivity index (χ3n) is 4.84. The van der Waals surface area contributed by atoms with Crippen molar-refractivity contribution >= 4 is 22.7 Å². The summed E-state index contributed by atoms with van der Waals surface area (Å²) < 4.78 is 7.07. The lowest BCUT2D eigenvalue weighted by Gasteiger charge is -2.12. The smallest absolute Gasteiger partial charge is 0.267 e. The Morgan fingerprint density at radius 2 is 1.81 bits per heavy atom. The van der Waals surface area contributed by atoms with Gasteiger partial charge in [-0.15, -0.1) is 0 Å². The van der Waals surface area contributed by atoms with Gasteiger partial charge in [0.15, 0.2) is 5.16 Å². The minimum absolute atomic E-state index is 0.146. The number of rotatable bonds is 5. The van der Waals surface area contributed by atoms with Crippen molar-refractivity contribution in [3.8, 4) is 17.1 Å². The first-order valence-electron chi connectivity index (χ1n) is 9.78. The number of aromatic nitrogens is 4. The van der Waals surface area contributed by atoms with E-state index in [1.54, 1.807) is 16.8 Å². The van der Waals surface area contributed by atoms with Gasteiger partial charge in [0.1, 0.15) is 17.3 Å². The zero-order valence-corrected chi connectivity index (χ0v) is 17.5. The molecular formula is C24H18N4O2S. The minimum Gasteiger partial charge on any atom is -0.360 e. The molecule has 0 saturated carbocycles. The summed E-state index contributed by atoms with van der Waals surface area (Å²) in [5.41, 5.74) is 3.30. The van der Waals surface area contributed by atoms with Gasteiger partial charge in [-0.1, -0.05) is 65.4 Å². The first-order chi connectivity index (χ1) is 15.2. The fraction of sp³-hybridized carbons (Fsp3) is 0.0833. The summed E-state index contributed by atoms with van der Waals surface area (Å²) >= 11 is 1.41. The van der Waals surface area contributed by atoms with Crippen molar-refractivity contribution in [3.63, 3.8) is 0 Å². The van der Waals surface area contributed by atoms with E-state index in [2.05, 4.69) is 10.1 Å². The van der Waals surface area contributed by atoms with Crippen molar-refractivity contribution in [1.82, 2.24) is 19.7 Å². The Bertz CT molecular complexity index is 1410. The van der Waals surface area contributed by atoms with Crippen LogP contribution in [0, 0.1) is 6.92 Å². The molecule has 0 aliphatic rings. The molecule has 2 aromatic carbocycles. The number of aryl methyl sites for hydroxylation is 1. The van der Waals surface area contributed by atoms with Crippen LogP contribution in [-0.2, 0) is 5.75 Å². The highest BCUT2D eigenvalue weighted by Gasteiger charge is 2.15. The topological polar surface area (TPSA) is 73.8 Å². The summed E-state index contributed by atoms with van der Waals surface area (Å²) in [5, 5.41) is 5.28. The average Bonchev–Trinajstić information content (AvgIpc) is 3.28. The normalized spacial score (nSPS) is 11.1. The first-order valence-corrected chi connectivity index (χ1v) is 10.8. The van der Waals surface area contributed by atoms with Gasteiger partial charge in [0.25, 0.3) is 5.56 Å². The van der Waals surface area contributed by atoms with Crippen LogP contribution in [0.3, 0.4) is 0 Å². The van der Waals surface area contributed by atoms with E-state index in [1.165, 1.54) is 11.8 Å². The number of fused-ring (bicyclic) bond motifs is 1. The molecule has 152 valence electrons. The second-order valence-electron chi connectivity index (χ2n) is 7.08. The van der Waals surface area contributed by atoms with E-state index in [0.29, 0.717) is 33.4 Å². The molecule has 7 heteroatoms. The molecule has 5 aromatic rings. The average molecular weight is 427 g/mol. The van der Waals surface area contributed by atoms with Gasteiger partial charge >= 0.3 is 0 Å². The molecule has 5 rings (SSSR count). The quantitative estimate of drug-likeness (QED) is 0.290. The van der Waals surface area contributed by atoms with Crippen molar-refractivity contribution in [1.29, 1.82) is 0 Å². The summed E-state index contributed by atoms with van der Waals surface area (Å²) in [7, 11) is 0. The lowest BCUT2D eigenvalue weighted by atomic mass is 10.1. The Hall–Kier alpha value is -3.71. The summed E-state index contributed by atoms with van der Waals surface area (Å²) in [6.07, 6.45) is 1.74. The molecule has 0 spiro atoms. The molecule has 0 amide bonds. The van der Waals surface area contributed by atoms with Crippen molar-refractivity contribution in [2.75, 3.05) is 0 Å². The molecular weight excluding hydrogens is 408 g/mol. The van der Waals surface area contributed by atoms with E-state index in [1.807, 2.05) is 73.7 Å². The second-order valence-corrected chi connectivity index (χ2v) is 8.02. The zero-order valence-electron chi connectivity index (χ0n) is 16.7. The molecule has 0 unspecified atom stereocenters. The lowest BCUT2D eigenvalue weighted by Crippen LogP contribution is -2.22. The molecule has 3 heterocycles. The van der Waals surface area contributed by atoms with Gasteiger partial charge in [0, 0.05) is 17.8 Å². The second kappa shape index (κ2) is 8.20. The summed E-state index contributed by atoms with van der Waals surface area (Å²) in [5.74, 6) is 1.73. The standard InChI is InChI=1S/C24H18N4O2S/c1-16-11-12-22(25-14-16)28-23(29)19-9-5-6-10-20(19)26-24(28)31-15-18-13-21(27-30-18)17-7-3-2-4-8-17/h2-14H,15H2,1H3. The largest absolute Gasteiger partial charge is 0.360 e. The van der Waals surface area contributed by atoms with Crippen LogP contribution in [0.2, 0.25) is 0 Å². The number of pyridine rings is 1. The summed E-state index contributed by atoms with van der Waals surface area (Å²) in [6, 6.07) is 22.9. The lowest BCUT2D eigenvalue weighted by molar-refractivity contribution is 0.397. The molecule has 0 N–H and O–H groups in total. The summed E-state index contributed by atoms with van der Waals surface area (Å²) in [6.45, 7) is 1.96. The fourth-order valence-electron chi connectivity index (χ4n) is 3.27. The highest BCUT2D eigenvalue weighted by Crippen LogP contribution is 2.26. The van der Waals surface area contributed by atoms with E-state index < -0.39 is 0 Å². The zero-order chi connectivity index (χ0) is 21.2. The number of hydrogen-bond donors (Lipinski definition) is 0. The molecule has 0 bridgehead atoms. The monoisotopic (exact) mass is 426 g/mol. The van der Waals surface area contributed by atoms with Gasteiger partial charge in [-0.2, -0.15) is 0 Å². The van der Waals surface area contributed by atoms with Gasteiger partial charge < -0.3 is 4.52 Å². The minimum atomic E-state index is -0.146. The van der Waals surface area contributed by atoms with Crippen molar-refractivity contribution in [2.24, 2.45) is 0 Å². The van der Waals surface area contributed by atoms with Crippen LogP contribution in [-0.4, -0.2) is 19.7 Å². The highest BCUT2D eigenvalue weighted by atomic mass is 32.2. The summed E-state index contributed by atoms with van der Waals surface area (Å²) in [4.78, 5) is 22.5. The van der Waals surface area contributed by atoms with Gasteiger partial charge in [0.05, 0.1) is 16.7 Å². The maximum atomic E-state index is 13.3. The number of thioether (sulfide) groups is 1. The van der Waals surface area contributed by atoms with Crippen LogP contribution < -0.4 is 5.56 Å². The van der Waals surface area contributed by atoms with E-state index in [0.717, 1.165) is 16.8 Å². The number of benzene rings is 2. The van der Waals surface area contributed by atoms with Crippen molar-refractivity contribution in [2.45, 2.75) is 17.8 Å². The third kappa shape index (κ3) is 3.87. The first kappa shape index (κ1) is 19.3. The number of nitrogens with zero attached hydrogens (tertiary/aromatic N) is 4. The van der Waals surface area contributed by atoms with Gasteiger partial charge in [-0.25, -0.2) is 14.5 Å². The Balaban J connectivity index is 1.52. The van der Waals surface area contributed by atoms with E-state index in [-0.39, 0.29) is 5.56 Å². The Kier molecular flexibility index (Phi) is 5.09. The molecule has 0 aliphatic heterocycles. The van der Waals surface area contributed by atoms with Crippen LogP contribution in [0.5, 0.6) is 0 Å². The van der Waals surface area contributed by atoms with E-state index in [9.17, 15) is 4.79 Å².